The van der Waals surface area contributed by atoms with Crippen LogP contribution in [0.4, 0.5) is 5.95 Å². The van der Waals surface area contributed by atoms with Crippen molar-refractivity contribution in [1.82, 2.24) is 20.3 Å². The van der Waals surface area contributed by atoms with Crippen LogP contribution in [0.2, 0.25) is 0 Å². The zero-order chi connectivity index (χ0) is 20.9. The van der Waals surface area contributed by atoms with E-state index in [1.807, 2.05) is 37.3 Å². The lowest BCUT2D eigenvalue weighted by Gasteiger charge is -2.16. The molecule has 30 heavy (non-hydrogen) atoms. The molecule has 0 aliphatic heterocycles. The maximum Gasteiger partial charge on any atom is 0.268 e. The van der Waals surface area contributed by atoms with Crippen LogP contribution in [0.25, 0.3) is 11.3 Å². The summed E-state index contributed by atoms with van der Waals surface area (Å²) in [6.07, 6.45) is 5.86. The molecule has 8 heteroatoms. The molecule has 1 aliphatic carbocycles. The van der Waals surface area contributed by atoms with E-state index in [9.17, 15) is 9.90 Å². The fourth-order valence-corrected chi connectivity index (χ4v) is 3.11. The Morgan fingerprint density at radius 1 is 1.33 bits per heavy atom. The number of rotatable bonds is 9. The smallest absolute Gasteiger partial charge is 0.268 e. The summed E-state index contributed by atoms with van der Waals surface area (Å²) in [6, 6.07) is 10.6. The van der Waals surface area contributed by atoms with Crippen LogP contribution in [0.1, 0.15) is 40.5 Å². The molecule has 2 heterocycles. The monoisotopic (exact) mass is 407 g/mol. The largest absolute Gasteiger partial charge is 0.394 e. The fraction of sp³-hybridized carbons (Fsp3) is 0.318. The summed E-state index contributed by atoms with van der Waals surface area (Å²) >= 11 is 0. The lowest BCUT2D eigenvalue weighted by molar-refractivity contribution is 0.0912. The lowest BCUT2D eigenvalue weighted by atomic mass is 10.1. The summed E-state index contributed by atoms with van der Waals surface area (Å²) in [7, 11) is 0. The van der Waals surface area contributed by atoms with E-state index in [0.29, 0.717) is 29.9 Å². The highest BCUT2D eigenvalue weighted by atomic mass is 16.6. The van der Waals surface area contributed by atoms with Gasteiger partial charge >= 0.3 is 0 Å². The number of anilines is 1. The van der Waals surface area contributed by atoms with E-state index in [2.05, 4.69) is 25.7 Å². The fourth-order valence-electron chi connectivity index (χ4n) is 3.11. The molecule has 1 fully saturated rings. The number of nitrogens with zero attached hydrogens (tertiary/aromatic N) is 2. The van der Waals surface area contributed by atoms with Crippen LogP contribution >= 0.6 is 0 Å². The van der Waals surface area contributed by atoms with Gasteiger partial charge in [0.05, 0.1) is 24.9 Å². The SMILES string of the molecule is Cc1cnc(NOCC2CC2)nc1-c1c[nH]c(C(=O)NC(CO)c2ccccc2)c1. The van der Waals surface area contributed by atoms with Gasteiger partial charge in [0.15, 0.2) is 0 Å². The summed E-state index contributed by atoms with van der Waals surface area (Å²) < 4.78 is 0. The number of aromatic nitrogens is 3. The zero-order valence-corrected chi connectivity index (χ0v) is 16.8. The first-order chi connectivity index (χ1) is 14.6. The van der Waals surface area contributed by atoms with E-state index < -0.39 is 6.04 Å². The highest BCUT2D eigenvalue weighted by Gasteiger charge is 2.22. The van der Waals surface area contributed by atoms with Gasteiger partial charge in [-0.15, -0.1) is 0 Å². The Bertz CT molecular complexity index is 1000. The number of nitrogens with one attached hydrogen (secondary N) is 3. The molecule has 0 saturated heterocycles. The molecular formula is C22H25N5O3. The number of carbonyl (C=O) groups is 1. The number of benzene rings is 1. The van der Waals surface area contributed by atoms with Gasteiger partial charge < -0.3 is 15.4 Å². The first-order valence-electron chi connectivity index (χ1n) is 10.0. The molecule has 0 bridgehead atoms. The minimum absolute atomic E-state index is 0.190. The molecule has 1 amide bonds. The maximum absolute atomic E-state index is 12.7. The molecule has 1 atom stereocenters. The summed E-state index contributed by atoms with van der Waals surface area (Å²) in [4.78, 5) is 29.9. The van der Waals surface area contributed by atoms with Crippen molar-refractivity contribution >= 4 is 11.9 Å². The van der Waals surface area contributed by atoms with Gasteiger partial charge in [0.1, 0.15) is 5.69 Å². The second-order valence-corrected chi connectivity index (χ2v) is 7.50. The van der Waals surface area contributed by atoms with Gasteiger partial charge in [-0.3, -0.25) is 9.63 Å². The number of carbonyl (C=O) groups excluding carboxylic acids is 1. The van der Waals surface area contributed by atoms with Crippen molar-refractivity contribution < 1.29 is 14.7 Å². The van der Waals surface area contributed by atoms with Gasteiger partial charge in [0, 0.05) is 18.0 Å². The molecular weight excluding hydrogens is 382 g/mol. The average Bonchev–Trinajstić information content (AvgIpc) is 3.46. The molecule has 3 aromatic rings. The number of H-pyrrole nitrogens is 1. The van der Waals surface area contributed by atoms with Crippen LogP contribution in [-0.4, -0.2) is 39.2 Å². The van der Waals surface area contributed by atoms with Crippen LogP contribution in [-0.2, 0) is 4.84 Å². The minimum atomic E-state index is -0.481. The van der Waals surface area contributed by atoms with Crippen LogP contribution in [0, 0.1) is 12.8 Å². The molecule has 1 aromatic carbocycles. The minimum Gasteiger partial charge on any atom is -0.394 e. The van der Waals surface area contributed by atoms with Gasteiger partial charge in [-0.05, 0) is 42.9 Å². The Balaban J connectivity index is 1.45. The number of aromatic amines is 1. The third-order valence-corrected chi connectivity index (χ3v) is 5.04. The highest BCUT2D eigenvalue weighted by Crippen LogP contribution is 2.29. The predicted molar refractivity (Wildman–Crippen MR) is 113 cm³/mol. The normalized spacial score (nSPS) is 14.3. The van der Waals surface area contributed by atoms with Crippen molar-refractivity contribution in [3.63, 3.8) is 0 Å². The Kier molecular flexibility index (Phi) is 6.06. The molecule has 1 saturated carbocycles. The third kappa shape index (κ3) is 4.84. The van der Waals surface area contributed by atoms with E-state index in [1.165, 1.54) is 12.8 Å². The summed E-state index contributed by atoms with van der Waals surface area (Å²) in [5, 5.41) is 12.5. The van der Waals surface area contributed by atoms with Crippen LogP contribution in [0.3, 0.4) is 0 Å². The molecule has 8 nitrogen and oxygen atoms in total. The van der Waals surface area contributed by atoms with Gasteiger partial charge in [0.25, 0.3) is 5.91 Å². The Hall–Kier alpha value is -3.23. The quantitative estimate of drug-likeness (QED) is 0.406. The molecule has 4 N–H and O–H groups in total. The topological polar surface area (TPSA) is 112 Å². The van der Waals surface area contributed by atoms with Crippen molar-refractivity contribution in [3.8, 4) is 11.3 Å². The Labute approximate surface area is 174 Å². The number of aliphatic hydroxyl groups excluding tert-OH is 1. The van der Waals surface area contributed by atoms with Crippen molar-refractivity contribution in [2.45, 2.75) is 25.8 Å². The molecule has 2 aromatic heterocycles. The highest BCUT2D eigenvalue weighted by molar-refractivity contribution is 5.94. The second-order valence-electron chi connectivity index (χ2n) is 7.50. The number of hydrogen-bond donors (Lipinski definition) is 4. The second kappa shape index (κ2) is 9.06. The molecule has 1 unspecified atom stereocenters. The number of aliphatic hydroxyl groups is 1. The maximum atomic E-state index is 12.7. The van der Waals surface area contributed by atoms with Crippen molar-refractivity contribution in [3.05, 3.63) is 65.6 Å². The van der Waals surface area contributed by atoms with E-state index >= 15 is 0 Å². The standard InChI is InChI=1S/C22H25N5O3/c1-14-10-24-22(27-30-13-15-7-8-15)26-20(14)17-9-18(23-11-17)21(29)25-19(12-28)16-5-3-2-4-6-16/h2-6,9-11,15,19,23,28H,7-8,12-13H2,1H3,(H,25,29)(H,24,26,27). The van der Waals surface area contributed by atoms with Gasteiger partial charge in [-0.2, -0.15) is 0 Å². The van der Waals surface area contributed by atoms with Gasteiger partial charge in [-0.25, -0.2) is 15.4 Å². The third-order valence-electron chi connectivity index (χ3n) is 5.04. The lowest BCUT2D eigenvalue weighted by Crippen LogP contribution is -2.30. The molecule has 1 aliphatic rings. The number of aryl methyl sites for hydroxylation is 1. The van der Waals surface area contributed by atoms with Gasteiger partial charge in [0.2, 0.25) is 5.95 Å². The molecule has 0 spiro atoms. The van der Waals surface area contributed by atoms with E-state index in [4.69, 9.17) is 4.84 Å². The Morgan fingerprint density at radius 3 is 2.87 bits per heavy atom. The summed E-state index contributed by atoms with van der Waals surface area (Å²) in [6.45, 7) is 2.37. The van der Waals surface area contributed by atoms with Crippen molar-refractivity contribution in [2.24, 2.45) is 5.92 Å². The summed E-state index contributed by atoms with van der Waals surface area (Å²) in [5.41, 5.74) is 6.38. The van der Waals surface area contributed by atoms with E-state index in [0.717, 1.165) is 16.7 Å². The van der Waals surface area contributed by atoms with E-state index in [-0.39, 0.29) is 12.5 Å². The zero-order valence-electron chi connectivity index (χ0n) is 16.8. The van der Waals surface area contributed by atoms with Crippen LogP contribution in [0.15, 0.2) is 48.8 Å². The molecule has 0 radical (unpaired) electrons. The average molecular weight is 407 g/mol. The van der Waals surface area contributed by atoms with Gasteiger partial charge in [-0.1, -0.05) is 30.3 Å². The summed E-state index contributed by atoms with van der Waals surface area (Å²) in [5.74, 6) is 0.710. The predicted octanol–water partition coefficient (Wildman–Crippen LogP) is 3.00. The van der Waals surface area contributed by atoms with Crippen LogP contribution in [0.5, 0.6) is 0 Å². The number of amides is 1. The first kappa shape index (κ1) is 20.1. The first-order valence-corrected chi connectivity index (χ1v) is 10.0. The van der Waals surface area contributed by atoms with E-state index in [1.54, 1.807) is 18.5 Å². The molecule has 4 rings (SSSR count). The van der Waals surface area contributed by atoms with Crippen LogP contribution < -0.4 is 10.8 Å². The Morgan fingerprint density at radius 2 is 2.13 bits per heavy atom. The number of hydrogen-bond acceptors (Lipinski definition) is 6. The van der Waals surface area contributed by atoms with Crippen molar-refractivity contribution in [1.29, 1.82) is 0 Å². The molecule has 156 valence electrons. The van der Waals surface area contributed by atoms with Crippen molar-refractivity contribution in [2.75, 3.05) is 18.7 Å².